The van der Waals surface area contributed by atoms with Crippen molar-refractivity contribution < 1.29 is 54.0 Å². The summed E-state index contributed by atoms with van der Waals surface area (Å²) in [5.74, 6) is -11.5. The van der Waals surface area contributed by atoms with Gasteiger partial charge in [0, 0.05) is 6.54 Å². The van der Waals surface area contributed by atoms with Gasteiger partial charge in [0.1, 0.15) is 17.4 Å². The molecule has 36 nitrogen and oxygen atoms in total. The van der Waals surface area contributed by atoms with E-state index in [4.69, 9.17) is 62.6 Å². The number of aliphatic hydroxyl groups is 1. The molecule has 0 aliphatic heterocycles. The molecule has 0 radical (unpaired) electrons. The van der Waals surface area contributed by atoms with Crippen molar-refractivity contribution in [2.45, 2.75) is 36.9 Å². The van der Waals surface area contributed by atoms with Crippen molar-refractivity contribution in [3.05, 3.63) is 104 Å². The fraction of sp³-hybridized carbons (Fsp3) is 0.189. The summed E-state index contributed by atoms with van der Waals surface area (Å²) in [6.07, 6.45) is -8.24. The van der Waals surface area contributed by atoms with Crippen LogP contribution in [0.4, 0.5) is 28.4 Å². The molecule has 0 aliphatic rings. The van der Waals surface area contributed by atoms with E-state index < -0.39 is 135 Å². The van der Waals surface area contributed by atoms with Gasteiger partial charge in [0.05, 0.1) is 21.6 Å². The second kappa shape index (κ2) is 26.2. The Kier molecular flexibility index (Phi) is 20.4. The predicted molar refractivity (Wildman–Crippen MR) is 258 cm³/mol. The van der Waals surface area contributed by atoms with E-state index in [1.807, 2.05) is 16.0 Å². The smallest absolute Gasteiger partial charge is 0.299 e. The summed E-state index contributed by atoms with van der Waals surface area (Å²) < 4.78 is 0. The number of aliphatic imine (C=N–C) groups is 4. The van der Waals surface area contributed by atoms with Crippen LogP contribution in [0.2, 0.25) is 0 Å². The van der Waals surface area contributed by atoms with E-state index in [0.29, 0.717) is 22.2 Å². The van der Waals surface area contributed by atoms with Gasteiger partial charge in [0.2, 0.25) is 36.8 Å². The lowest BCUT2D eigenvalue weighted by molar-refractivity contribution is -0.393. The lowest BCUT2D eigenvalue weighted by Crippen LogP contribution is -2.58. The van der Waals surface area contributed by atoms with Crippen LogP contribution < -0.4 is 94.3 Å². The normalized spacial score (nSPS) is 13.1. The zero-order valence-corrected chi connectivity index (χ0v) is 37.5. The third kappa shape index (κ3) is 17.1. The van der Waals surface area contributed by atoms with Crippen molar-refractivity contribution in [1.29, 1.82) is 0 Å². The number of rotatable bonds is 25. The highest BCUT2D eigenvalue weighted by Crippen LogP contribution is 2.37. The number of amides is 6. The molecule has 0 aromatic heterocycles. The van der Waals surface area contributed by atoms with Gasteiger partial charge < -0.3 is 93.9 Å². The fourth-order valence-corrected chi connectivity index (χ4v) is 5.86. The molecular formula is C37H49N23O13. The number of nitrogen functional groups attached to an aromatic ring is 1. The van der Waals surface area contributed by atoms with Crippen LogP contribution in [0.1, 0.15) is 17.2 Å². The Balaban J connectivity index is 2.03. The van der Waals surface area contributed by atoms with Crippen LogP contribution in [0.5, 0.6) is 0 Å². The van der Waals surface area contributed by atoms with E-state index >= 15 is 0 Å². The van der Waals surface area contributed by atoms with E-state index in [2.05, 4.69) is 41.1 Å². The van der Waals surface area contributed by atoms with Gasteiger partial charge in [-0.3, -0.25) is 49.0 Å². The number of carbonyl (C=O) groups excluding carboxylic acids is 6. The summed E-state index contributed by atoms with van der Waals surface area (Å²) in [4.78, 5) is 121. The Morgan fingerprint density at radius 2 is 1.08 bits per heavy atom. The molecule has 6 amide bonds. The maximum atomic E-state index is 14.2. The van der Waals surface area contributed by atoms with Gasteiger partial charge in [0.15, 0.2) is 23.8 Å². The quantitative estimate of drug-likeness (QED) is 0.00713. The second-order valence-corrected chi connectivity index (χ2v) is 14.3. The number of anilines is 3. The molecule has 3 aromatic rings. The molecule has 0 aliphatic carbocycles. The minimum Gasteiger partial charge on any atom is -0.393 e. The fourth-order valence-electron chi connectivity index (χ4n) is 5.86. The third-order valence-corrected chi connectivity index (χ3v) is 8.97. The number of guanidine groups is 4. The van der Waals surface area contributed by atoms with Gasteiger partial charge in [0.25, 0.3) is 40.9 Å². The van der Waals surface area contributed by atoms with Crippen LogP contribution >= 0.6 is 0 Å². The zero-order valence-electron chi connectivity index (χ0n) is 37.5. The number of hydrogen-bond acceptors (Lipinski definition) is 20. The standard InChI is InChI=1S/C37H49N23O13/c38-18-13-20(21(60(70)71)14-19(18)59(68)69)58(12-4-5-15-8-10-17(11-9-15)57-73-72)33(67)32(66)48-22(16-6-2-1-3-7-16)28(62)50-25(54-35(42)43)30(64)52-27(56-37(46)47)31(65)51-26(55-36(44)45)29(63)49-24(23(39)61)53-34(40)41/h1-11,13-14,22,24-27,33,57,67,72H,12,38H2,(H2,39,61)(H,48,66)(H,49,63)(H,50,62)(H,51,65)(H,52,64)(H4,40,41,53)(H4,42,43,54)(H4,44,45,55)(H4,46,47,56)/b5-4-. The van der Waals surface area contributed by atoms with Crippen LogP contribution in [-0.2, 0) is 33.8 Å². The van der Waals surface area contributed by atoms with Gasteiger partial charge >= 0.3 is 0 Å². The molecule has 3 aromatic carbocycles. The molecular weight excluding hydrogens is 975 g/mol. The molecule has 0 saturated heterocycles. The summed E-state index contributed by atoms with van der Waals surface area (Å²) in [5.41, 5.74) is 54.4. The van der Waals surface area contributed by atoms with Crippen LogP contribution in [-0.4, -0.2) is 117 Å². The number of nitrogens with one attached hydrogen (secondary N) is 6. The van der Waals surface area contributed by atoms with Crippen LogP contribution in [0.15, 0.2) is 92.8 Å². The second-order valence-electron chi connectivity index (χ2n) is 14.3. The highest BCUT2D eigenvalue weighted by Gasteiger charge is 2.36. The van der Waals surface area contributed by atoms with Gasteiger partial charge in [-0.25, -0.2) is 30.7 Å². The Morgan fingerprint density at radius 3 is 1.52 bits per heavy atom. The first-order valence-corrected chi connectivity index (χ1v) is 20.0. The van der Waals surface area contributed by atoms with E-state index in [1.165, 1.54) is 66.7 Å². The molecule has 0 fully saturated rings. The number of carbonyl (C=O) groups is 6. The largest absolute Gasteiger partial charge is 0.393 e. The van der Waals surface area contributed by atoms with Gasteiger partial charge in [-0.1, -0.05) is 54.6 Å². The van der Waals surface area contributed by atoms with Crippen LogP contribution in [0.25, 0.3) is 6.08 Å². The number of benzene rings is 3. The average molecular weight is 1020 g/mol. The SMILES string of the molecule is NC(=O)C(N=C(N)N)NC(=O)C(N=C(N)N)NC(=O)C(N=C(N)N)NC(=O)C(N=C(N)N)NC(=O)C(NC(=O)C(O)N(C/C=C\c1ccc(NOO)cc1)c1cc(N)c([N+](=O)[O-])cc1[N+](=O)[O-])c1ccccc1. The molecule has 6 unspecified atom stereocenters. The van der Waals surface area contributed by atoms with Gasteiger partial charge in [-0.15, -0.1) is 4.99 Å². The molecule has 0 heterocycles. The molecule has 6 atom stereocenters. The highest BCUT2D eigenvalue weighted by atomic mass is 17.2. The minimum atomic E-state index is -2.48. The van der Waals surface area contributed by atoms with Crippen molar-refractivity contribution >= 4 is 93.8 Å². The number of nitro benzene ring substituents is 2. The summed E-state index contributed by atoms with van der Waals surface area (Å²) in [6.45, 7) is -0.560. The highest BCUT2D eigenvalue weighted by molar-refractivity contribution is 5.99. The monoisotopic (exact) mass is 1020 g/mol. The molecule has 3 rings (SSSR count). The number of hydrogen-bond donors (Lipinski definition) is 18. The molecule has 28 N–H and O–H groups in total. The summed E-state index contributed by atoms with van der Waals surface area (Å²) >= 11 is 0. The molecule has 36 heteroatoms. The Bertz CT molecular complexity index is 2690. The Morgan fingerprint density at radius 1 is 0.630 bits per heavy atom. The first kappa shape index (κ1) is 56.7. The lowest BCUT2D eigenvalue weighted by Gasteiger charge is -2.30. The van der Waals surface area contributed by atoms with E-state index in [9.17, 15) is 54.1 Å². The van der Waals surface area contributed by atoms with Gasteiger partial charge in [-0.05, 0) is 29.3 Å². The van der Waals surface area contributed by atoms with Gasteiger partial charge in [-0.2, -0.15) is 0 Å². The van der Waals surface area contributed by atoms with E-state index in [1.54, 1.807) is 0 Å². The molecule has 0 bridgehead atoms. The number of nitro groups is 2. The van der Waals surface area contributed by atoms with Crippen molar-refractivity contribution in [3.8, 4) is 0 Å². The third-order valence-electron chi connectivity index (χ3n) is 8.97. The molecule has 73 heavy (non-hydrogen) atoms. The van der Waals surface area contributed by atoms with Crippen molar-refractivity contribution in [1.82, 2.24) is 26.6 Å². The summed E-state index contributed by atoms with van der Waals surface area (Å²) in [7, 11) is 0. The molecule has 0 spiro atoms. The first-order valence-electron chi connectivity index (χ1n) is 20.0. The van der Waals surface area contributed by atoms with Crippen molar-refractivity contribution in [2.75, 3.05) is 22.7 Å². The maximum absolute atomic E-state index is 14.2. The van der Waals surface area contributed by atoms with Crippen molar-refractivity contribution in [3.63, 3.8) is 0 Å². The molecule has 390 valence electrons. The predicted octanol–water partition coefficient (Wildman–Crippen LogP) is -7.05. The lowest BCUT2D eigenvalue weighted by atomic mass is 10.1. The number of aliphatic hydroxyl groups excluding tert-OH is 1. The summed E-state index contributed by atoms with van der Waals surface area (Å²) in [5, 5.41) is 54.6. The Hall–Kier alpha value is -10.6. The average Bonchev–Trinajstić information content (AvgIpc) is 3.30. The number of nitrogens with zero attached hydrogens (tertiary/aromatic N) is 7. The number of primary amides is 1. The zero-order chi connectivity index (χ0) is 54.7. The number of nitrogens with two attached hydrogens (primary N) is 10. The molecule has 0 saturated carbocycles. The van der Waals surface area contributed by atoms with E-state index in [-0.39, 0.29) is 5.56 Å². The van der Waals surface area contributed by atoms with Crippen LogP contribution in [0.3, 0.4) is 0 Å². The maximum Gasteiger partial charge on any atom is 0.299 e. The minimum absolute atomic E-state index is 0.0360. The van der Waals surface area contributed by atoms with E-state index in [0.717, 1.165) is 6.07 Å². The first-order chi connectivity index (χ1) is 34.3. The van der Waals surface area contributed by atoms with Crippen LogP contribution in [0, 0.1) is 20.2 Å². The topological polar surface area (TPSA) is 623 Å². The van der Waals surface area contributed by atoms with Crippen molar-refractivity contribution in [2.24, 2.45) is 71.6 Å². The summed E-state index contributed by atoms with van der Waals surface area (Å²) in [6, 6.07) is 12.4. The Labute approximate surface area is 409 Å².